The molecular formula is C19H24N6O2S. The molecule has 0 atom stereocenters. The van der Waals surface area contributed by atoms with Gasteiger partial charge in [0.1, 0.15) is 5.82 Å². The number of sulfonamides is 1. The van der Waals surface area contributed by atoms with E-state index in [2.05, 4.69) is 25.1 Å². The van der Waals surface area contributed by atoms with Crippen molar-refractivity contribution in [2.75, 3.05) is 18.4 Å². The molecule has 0 unspecified atom stereocenters. The van der Waals surface area contributed by atoms with Crippen LogP contribution in [0.25, 0.3) is 5.82 Å². The Morgan fingerprint density at radius 2 is 1.82 bits per heavy atom. The van der Waals surface area contributed by atoms with Gasteiger partial charge in [0.25, 0.3) is 0 Å². The van der Waals surface area contributed by atoms with Crippen LogP contribution < -0.4 is 10.0 Å². The molecule has 148 valence electrons. The predicted molar refractivity (Wildman–Crippen MR) is 108 cm³/mol. The van der Waals surface area contributed by atoms with Gasteiger partial charge in [0.05, 0.1) is 23.0 Å². The first-order valence-electron chi connectivity index (χ1n) is 8.93. The van der Waals surface area contributed by atoms with Gasteiger partial charge in [-0.25, -0.2) is 22.8 Å². The zero-order chi connectivity index (χ0) is 20.3. The van der Waals surface area contributed by atoms with Crippen LogP contribution in [-0.4, -0.2) is 41.3 Å². The zero-order valence-electron chi connectivity index (χ0n) is 16.4. The van der Waals surface area contributed by atoms with Crippen LogP contribution in [0.5, 0.6) is 0 Å². The van der Waals surface area contributed by atoms with E-state index >= 15 is 0 Å². The number of nitrogens with one attached hydrogen (secondary N) is 2. The van der Waals surface area contributed by atoms with Crippen LogP contribution >= 0.6 is 0 Å². The lowest BCUT2D eigenvalue weighted by Gasteiger charge is -2.11. The van der Waals surface area contributed by atoms with Gasteiger partial charge in [-0.3, -0.25) is 4.98 Å². The average molecular weight is 401 g/mol. The van der Waals surface area contributed by atoms with E-state index in [1.807, 2.05) is 39.0 Å². The summed E-state index contributed by atoms with van der Waals surface area (Å²) in [5, 5.41) is 7.48. The molecule has 9 heteroatoms. The average Bonchev–Trinajstić information content (AvgIpc) is 2.99. The minimum Gasteiger partial charge on any atom is -0.367 e. The fourth-order valence-electron chi connectivity index (χ4n) is 2.85. The highest BCUT2D eigenvalue weighted by molar-refractivity contribution is 7.89. The highest BCUT2D eigenvalue weighted by Gasteiger charge is 2.16. The maximum Gasteiger partial charge on any atom is 0.240 e. The molecule has 2 N–H and O–H groups in total. The molecule has 0 bridgehead atoms. The standard InChI is InChI=1S/C19H24N6O2S/c1-13-5-6-14(2)17(9-13)28(26,27)22-8-7-21-18-11-20-12-19(23-18)25-16(4)10-15(3)24-25/h5-6,9-12,22H,7-8H2,1-4H3,(H,21,23). The number of benzene rings is 1. The lowest BCUT2D eigenvalue weighted by atomic mass is 10.2. The molecule has 0 saturated carbocycles. The number of hydrogen-bond donors (Lipinski definition) is 2. The fraction of sp³-hybridized carbons (Fsp3) is 0.316. The summed E-state index contributed by atoms with van der Waals surface area (Å²) in [6.07, 6.45) is 3.22. The van der Waals surface area contributed by atoms with Crippen LogP contribution in [0.3, 0.4) is 0 Å². The van der Waals surface area contributed by atoms with Gasteiger partial charge in [0, 0.05) is 18.8 Å². The second kappa shape index (κ2) is 8.07. The molecule has 3 rings (SSSR count). The molecule has 0 saturated heterocycles. The van der Waals surface area contributed by atoms with E-state index in [1.54, 1.807) is 30.1 Å². The van der Waals surface area contributed by atoms with Crippen molar-refractivity contribution in [1.82, 2.24) is 24.5 Å². The summed E-state index contributed by atoms with van der Waals surface area (Å²) in [6.45, 7) is 8.12. The SMILES string of the molecule is Cc1ccc(C)c(S(=O)(=O)NCCNc2cncc(-n3nc(C)cc3C)n2)c1. The third-order valence-corrected chi connectivity index (χ3v) is 5.81. The number of anilines is 1. The quantitative estimate of drug-likeness (QED) is 0.590. The van der Waals surface area contributed by atoms with Crippen molar-refractivity contribution in [2.45, 2.75) is 32.6 Å². The number of rotatable bonds is 7. The maximum atomic E-state index is 12.5. The van der Waals surface area contributed by atoms with Gasteiger partial charge >= 0.3 is 0 Å². The van der Waals surface area contributed by atoms with Crippen molar-refractivity contribution in [3.05, 3.63) is 59.2 Å². The molecule has 0 aliphatic rings. The van der Waals surface area contributed by atoms with Gasteiger partial charge in [-0.1, -0.05) is 12.1 Å². The Kier molecular flexibility index (Phi) is 5.76. The Labute approximate surface area is 165 Å². The summed E-state index contributed by atoms with van der Waals surface area (Å²) in [4.78, 5) is 8.97. The summed E-state index contributed by atoms with van der Waals surface area (Å²) < 4.78 is 29.4. The summed E-state index contributed by atoms with van der Waals surface area (Å²) in [5.41, 5.74) is 3.48. The molecule has 2 heterocycles. The molecule has 0 radical (unpaired) electrons. The smallest absolute Gasteiger partial charge is 0.240 e. The van der Waals surface area contributed by atoms with E-state index in [4.69, 9.17) is 0 Å². The van der Waals surface area contributed by atoms with Gasteiger partial charge in [0.15, 0.2) is 5.82 Å². The van der Waals surface area contributed by atoms with Crippen LogP contribution in [-0.2, 0) is 10.0 Å². The normalized spacial score (nSPS) is 11.6. The van der Waals surface area contributed by atoms with Gasteiger partial charge in [-0.15, -0.1) is 0 Å². The third kappa shape index (κ3) is 4.55. The second-order valence-electron chi connectivity index (χ2n) is 6.69. The topological polar surface area (TPSA) is 102 Å². The third-order valence-electron chi connectivity index (χ3n) is 4.20. The van der Waals surface area contributed by atoms with E-state index in [1.165, 1.54) is 0 Å². The lowest BCUT2D eigenvalue weighted by Crippen LogP contribution is -2.29. The van der Waals surface area contributed by atoms with E-state index in [9.17, 15) is 8.42 Å². The summed E-state index contributed by atoms with van der Waals surface area (Å²) in [5.74, 6) is 1.16. The van der Waals surface area contributed by atoms with Crippen molar-refractivity contribution >= 4 is 15.8 Å². The van der Waals surface area contributed by atoms with Crippen LogP contribution in [0.15, 0.2) is 41.6 Å². The number of aryl methyl sites for hydroxylation is 4. The van der Waals surface area contributed by atoms with E-state index in [0.717, 1.165) is 22.5 Å². The molecule has 0 spiro atoms. The lowest BCUT2D eigenvalue weighted by molar-refractivity contribution is 0.582. The molecule has 8 nitrogen and oxygen atoms in total. The fourth-order valence-corrected chi connectivity index (χ4v) is 4.21. The molecule has 0 aliphatic carbocycles. The van der Waals surface area contributed by atoms with Crippen LogP contribution in [0.2, 0.25) is 0 Å². The van der Waals surface area contributed by atoms with E-state index in [-0.39, 0.29) is 6.54 Å². The predicted octanol–water partition coefficient (Wildman–Crippen LogP) is 2.29. The first kappa shape index (κ1) is 20.0. The minimum absolute atomic E-state index is 0.224. The van der Waals surface area contributed by atoms with Crippen molar-refractivity contribution in [1.29, 1.82) is 0 Å². The Morgan fingerprint density at radius 3 is 2.54 bits per heavy atom. The molecule has 3 aromatic rings. The van der Waals surface area contributed by atoms with Crippen LogP contribution in [0, 0.1) is 27.7 Å². The Morgan fingerprint density at radius 1 is 1.04 bits per heavy atom. The number of hydrogen-bond acceptors (Lipinski definition) is 6. The summed E-state index contributed by atoms with van der Waals surface area (Å²) in [7, 11) is -3.56. The van der Waals surface area contributed by atoms with Gasteiger partial charge in [-0.2, -0.15) is 5.10 Å². The number of aromatic nitrogens is 4. The first-order chi connectivity index (χ1) is 13.3. The summed E-state index contributed by atoms with van der Waals surface area (Å²) >= 11 is 0. The first-order valence-corrected chi connectivity index (χ1v) is 10.4. The minimum atomic E-state index is -3.56. The van der Waals surface area contributed by atoms with Gasteiger partial charge in [-0.05, 0) is 51.0 Å². The van der Waals surface area contributed by atoms with Crippen molar-refractivity contribution < 1.29 is 8.42 Å². The van der Waals surface area contributed by atoms with Crippen molar-refractivity contribution in [3.8, 4) is 5.82 Å². The van der Waals surface area contributed by atoms with Crippen LogP contribution in [0.4, 0.5) is 5.82 Å². The molecule has 0 fully saturated rings. The van der Waals surface area contributed by atoms with Crippen molar-refractivity contribution in [3.63, 3.8) is 0 Å². The molecule has 0 amide bonds. The largest absolute Gasteiger partial charge is 0.367 e. The summed E-state index contributed by atoms with van der Waals surface area (Å²) in [6, 6.07) is 7.34. The van der Waals surface area contributed by atoms with Crippen LogP contribution in [0.1, 0.15) is 22.5 Å². The monoisotopic (exact) mass is 400 g/mol. The Balaban J connectivity index is 1.62. The second-order valence-corrected chi connectivity index (χ2v) is 8.43. The van der Waals surface area contributed by atoms with Gasteiger partial charge < -0.3 is 5.32 Å². The van der Waals surface area contributed by atoms with E-state index in [0.29, 0.717) is 23.1 Å². The molecule has 2 aromatic heterocycles. The molecular weight excluding hydrogens is 376 g/mol. The Hall–Kier alpha value is -2.78. The van der Waals surface area contributed by atoms with E-state index < -0.39 is 10.0 Å². The van der Waals surface area contributed by atoms with Gasteiger partial charge in [0.2, 0.25) is 10.0 Å². The highest BCUT2D eigenvalue weighted by atomic mass is 32.2. The zero-order valence-corrected chi connectivity index (χ0v) is 17.2. The highest BCUT2D eigenvalue weighted by Crippen LogP contribution is 2.16. The Bertz CT molecular complexity index is 1090. The molecule has 0 aliphatic heterocycles. The number of nitrogens with zero attached hydrogens (tertiary/aromatic N) is 4. The molecule has 28 heavy (non-hydrogen) atoms. The maximum absolute atomic E-state index is 12.5. The molecule has 1 aromatic carbocycles. The van der Waals surface area contributed by atoms with Crippen molar-refractivity contribution in [2.24, 2.45) is 0 Å².